The van der Waals surface area contributed by atoms with Gasteiger partial charge in [0.05, 0.1) is 11.6 Å². The van der Waals surface area contributed by atoms with Crippen molar-refractivity contribution in [1.82, 2.24) is 0 Å². The molecule has 0 saturated heterocycles. The second kappa shape index (κ2) is 28.8. The van der Waals surface area contributed by atoms with Crippen LogP contribution < -0.4 is 28.7 Å². The van der Waals surface area contributed by atoms with Gasteiger partial charge in [0.25, 0.3) is 0 Å². The lowest BCUT2D eigenvalue weighted by molar-refractivity contribution is -0.138. The Hall–Kier alpha value is -6.08. The Bertz CT molecular complexity index is 2390. The van der Waals surface area contributed by atoms with Crippen molar-refractivity contribution in [3.63, 3.8) is 0 Å². The number of hydrogen-bond donors (Lipinski definition) is 5. The van der Waals surface area contributed by atoms with Gasteiger partial charge in [0.2, 0.25) is 0 Å². The van der Waals surface area contributed by atoms with Crippen LogP contribution in [0, 0.1) is 24.4 Å². The maximum absolute atomic E-state index is 12.7. The van der Waals surface area contributed by atoms with Crippen LogP contribution in [-0.2, 0) is 12.6 Å². The number of hydrogen-bond acceptors (Lipinski definition) is 5. The smallest absolute Gasteiger partial charge is 0.324 e. The van der Waals surface area contributed by atoms with Gasteiger partial charge in [-0.05, 0) is 121 Å². The zero-order valence-corrected chi connectivity index (χ0v) is 38.7. The van der Waals surface area contributed by atoms with Gasteiger partial charge >= 0.3 is 6.18 Å². The fourth-order valence-corrected chi connectivity index (χ4v) is 6.77. The summed E-state index contributed by atoms with van der Waals surface area (Å²) >= 11 is 0. The van der Waals surface area contributed by atoms with E-state index < -0.39 is 17.8 Å². The molecule has 10 N–H and O–H groups in total. The Morgan fingerprint density at radius 1 is 0.448 bits per heavy atom. The molecule has 0 aliphatic rings. The highest BCUT2D eigenvalue weighted by Crippen LogP contribution is 2.33. The van der Waals surface area contributed by atoms with Crippen LogP contribution in [-0.4, -0.2) is 0 Å². The molecule has 0 fully saturated rings. The SMILES string of the molecule is CC(N)c1ccccc1C(F)(F)F.CCCCC(N)c1ccc(F)cc1.Cc1ccccc1C(C)N.NC(Cc1ccccc1)c1ccc(F)cc1.NC(c1ccccc1)c1ccc(F)cc1. The molecule has 7 rings (SSSR count). The van der Waals surface area contributed by atoms with Crippen LogP contribution in [0.5, 0.6) is 0 Å². The Balaban J connectivity index is 0.000000224. The predicted octanol–water partition coefficient (Wildman–Crippen LogP) is 13.7. The number of alkyl halides is 3. The molecule has 5 atom stereocenters. The molecule has 0 aliphatic carbocycles. The maximum atomic E-state index is 12.7. The van der Waals surface area contributed by atoms with Gasteiger partial charge in [-0.25, -0.2) is 13.2 Å². The topological polar surface area (TPSA) is 130 Å². The van der Waals surface area contributed by atoms with E-state index in [1.165, 1.54) is 72.1 Å². The quantitative estimate of drug-likeness (QED) is 0.0825. The Kier molecular flexibility index (Phi) is 23.8. The van der Waals surface area contributed by atoms with Gasteiger partial charge in [-0.2, -0.15) is 13.2 Å². The Morgan fingerprint density at radius 3 is 1.25 bits per heavy atom. The molecule has 5 nitrogen and oxygen atoms in total. The summed E-state index contributed by atoms with van der Waals surface area (Å²) in [5.41, 5.74) is 36.3. The van der Waals surface area contributed by atoms with Crippen LogP contribution in [0.15, 0.2) is 182 Å². The lowest BCUT2D eigenvalue weighted by atomic mass is 10.00. The second-order valence-corrected chi connectivity index (χ2v) is 16.1. The van der Waals surface area contributed by atoms with E-state index in [4.69, 9.17) is 28.7 Å². The largest absolute Gasteiger partial charge is 0.416 e. The molecule has 0 heterocycles. The summed E-state index contributed by atoms with van der Waals surface area (Å²) < 4.78 is 75.1. The third-order valence-corrected chi connectivity index (χ3v) is 10.6. The first-order valence-electron chi connectivity index (χ1n) is 22.3. The van der Waals surface area contributed by atoms with Gasteiger partial charge in [-0.1, -0.05) is 159 Å². The number of benzene rings is 7. The summed E-state index contributed by atoms with van der Waals surface area (Å²) in [6.07, 6.45) is -0.299. The number of rotatable bonds is 11. The third-order valence-electron chi connectivity index (χ3n) is 10.6. The molecule has 0 aromatic heterocycles. The molecule has 7 aromatic carbocycles. The van der Waals surface area contributed by atoms with E-state index in [2.05, 4.69) is 26.0 Å². The number of aryl methyl sites for hydroxylation is 1. The lowest BCUT2D eigenvalue weighted by Gasteiger charge is -2.14. The highest BCUT2D eigenvalue weighted by molar-refractivity contribution is 5.33. The molecule has 0 amide bonds. The van der Waals surface area contributed by atoms with Crippen LogP contribution in [0.1, 0.15) is 120 Å². The normalized spacial score (nSPS) is 12.9. The van der Waals surface area contributed by atoms with Crippen molar-refractivity contribution in [3.8, 4) is 0 Å². The number of unbranched alkanes of at least 4 members (excludes halogenated alkanes) is 1. The minimum atomic E-state index is -4.32. The second-order valence-electron chi connectivity index (χ2n) is 16.1. The number of halogens is 6. The fraction of sp³-hybridized carbons (Fsp3) is 0.250. The van der Waals surface area contributed by atoms with Crippen molar-refractivity contribution >= 4 is 0 Å². The van der Waals surface area contributed by atoms with Gasteiger partial charge in [0.15, 0.2) is 0 Å². The molecule has 7 aromatic rings. The lowest BCUT2D eigenvalue weighted by Crippen LogP contribution is -2.14. The van der Waals surface area contributed by atoms with Crippen LogP contribution >= 0.6 is 0 Å². The Morgan fingerprint density at radius 2 is 0.836 bits per heavy atom. The highest BCUT2D eigenvalue weighted by Gasteiger charge is 2.33. The predicted molar refractivity (Wildman–Crippen MR) is 263 cm³/mol. The molecule has 356 valence electrons. The molecule has 0 aliphatic heterocycles. The fourth-order valence-electron chi connectivity index (χ4n) is 6.77. The summed E-state index contributed by atoms with van der Waals surface area (Å²) in [6.45, 7) is 7.75. The molecule has 0 radical (unpaired) electrons. The summed E-state index contributed by atoms with van der Waals surface area (Å²) in [4.78, 5) is 0. The van der Waals surface area contributed by atoms with Gasteiger partial charge in [-0.3, -0.25) is 0 Å². The van der Waals surface area contributed by atoms with Crippen molar-refractivity contribution in [2.45, 2.75) is 89.8 Å². The van der Waals surface area contributed by atoms with Gasteiger partial charge in [-0.15, -0.1) is 0 Å². The van der Waals surface area contributed by atoms with Crippen LogP contribution in [0.4, 0.5) is 26.3 Å². The van der Waals surface area contributed by atoms with Crippen molar-refractivity contribution in [1.29, 1.82) is 0 Å². The standard InChI is InChI=1S/C14H14FN.C13H12FN.C11H16FN.C9H10F3N.C9H13N/c15-13-8-6-12(7-9-13)14(16)10-11-4-2-1-3-5-11;14-12-8-6-11(7-9-12)13(15)10-4-2-1-3-5-10;1-2-3-4-11(13)9-5-7-10(12)8-6-9;1-6(13)7-4-2-3-5-8(7)9(10,11)12;1-7-5-3-4-6-9(7)8(2)10/h1-9,14H,10,16H2;1-9,13H,15H2;5-8,11H,2-4,13H2,1H3;2-6H,13H2,1H3;3-6,8H,10H2,1-2H3. The summed E-state index contributed by atoms with van der Waals surface area (Å²) in [5, 5.41) is 0. The molecule has 0 saturated carbocycles. The highest BCUT2D eigenvalue weighted by atomic mass is 19.4. The van der Waals surface area contributed by atoms with E-state index in [9.17, 15) is 26.3 Å². The molecule has 0 bridgehead atoms. The summed E-state index contributed by atoms with van der Waals surface area (Å²) in [7, 11) is 0. The minimum Gasteiger partial charge on any atom is -0.324 e. The Labute approximate surface area is 393 Å². The van der Waals surface area contributed by atoms with Crippen LogP contribution in [0.25, 0.3) is 0 Å². The molecule has 67 heavy (non-hydrogen) atoms. The first kappa shape index (κ1) is 55.2. The summed E-state index contributed by atoms with van der Waals surface area (Å²) in [5.74, 6) is -0.666. The average Bonchev–Trinajstić information content (AvgIpc) is 3.32. The molecule has 0 spiro atoms. The van der Waals surface area contributed by atoms with E-state index in [1.54, 1.807) is 42.5 Å². The average molecular weight is 922 g/mol. The van der Waals surface area contributed by atoms with E-state index >= 15 is 0 Å². The molecule has 5 unspecified atom stereocenters. The monoisotopic (exact) mass is 922 g/mol. The van der Waals surface area contributed by atoms with Crippen LogP contribution in [0.3, 0.4) is 0 Å². The van der Waals surface area contributed by atoms with Crippen molar-refractivity contribution in [2.75, 3.05) is 0 Å². The number of nitrogens with two attached hydrogens (primary N) is 5. The zero-order chi connectivity index (χ0) is 49.4. The van der Waals surface area contributed by atoms with Crippen LogP contribution in [0.2, 0.25) is 0 Å². The van der Waals surface area contributed by atoms with Gasteiger partial charge in [0.1, 0.15) is 17.5 Å². The minimum absolute atomic E-state index is 0.0561. The van der Waals surface area contributed by atoms with E-state index in [1.807, 2.05) is 79.7 Å². The zero-order valence-electron chi connectivity index (χ0n) is 38.7. The molecule has 11 heteroatoms. The van der Waals surface area contributed by atoms with E-state index in [0.717, 1.165) is 54.0 Å². The van der Waals surface area contributed by atoms with E-state index in [0.29, 0.717) is 0 Å². The van der Waals surface area contributed by atoms with Gasteiger partial charge in [0, 0.05) is 24.2 Å². The van der Waals surface area contributed by atoms with E-state index in [-0.39, 0.29) is 47.2 Å². The van der Waals surface area contributed by atoms with Crippen molar-refractivity contribution in [3.05, 3.63) is 250 Å². The van der Waals surface area contributed by atoms with Crippen molar-refractivity contribution < 1.29 is 26.3 Å². The summed E-state index contributed by atoms with van der Waals surface area (Å²) in [6, 6.07) is 51.8. The maximum Gasteiger partial charge on any atom is 0.416 e. The first-order chi connectivity index (χ1) is 31.9. The van der Waals surface area contributed by atoms with Gasteiger partial charge < -0.3 is 28.7 Å². The first-order valence-corrected chi connectivity index (χ1v) is 22.3. The molecular formula is C56H65F6N5. The van der Waals surface area contributed by atoms with Crippen molar-refractivity contribution in [2.24, 2.45) is 28.7 Å². The third kappa shape index (κ3) is 20.1. The molecular weight excluding hydrogens is 857 g/mol.